The minimum atomic E-state index is -0.268. The number of benzene rings is 2. The van der Waals surface area contributed by atoms with Gasteiger partial charge in [0.1, 0.15) is 0 Å². The van der Waals surface area contributed by atoms with Crippen LogP contribution in [0.25, 0.3) is 11.4 Å². The lowest BCUT2D eigenvalue weighted by Crippen LogP contribution is -2.24. The van der Waals surface area contributed by atoms with Gasteiger partial charge in [-0.2, -0.15) is 0 Å². The molecule has 2 amide bonds. The third-order valence-electron chi connectivity index (χ3n) is 5.36. The van der Waals surface area contributed by atoms with Crippen molar-refractivity contribution < 1.29 is 9.59 Å². The highest BCUT2D eigenvalue weighted by Crippen LogP contribution is 2.36. The number of hydrogen-bond donors (Lipinski definition) is 1. The largest absolute Gasteiger partial charge is 0.322 e. The predicted octanol–water partition coefficient (Wildman–Crippen LogP) is 3.71. The fourth-order valence-corrected chi connectivity index (χ4v) is 3.84. The molecule has 0 bridgehead atoms. The first-order valence-corrected chi connectivity index (χ1v) is 10.3. The second-order valence-electron chi connectivity index (χ2n) is 7.52. The molecule has 2 fully saturated rings. The monoisotopic (exact) mass is 422 g/mol. The molecule has 9 heteroatoms. The van der Waals surface area contributed by atoms with Gasteiger partial charge in [-0.05, 0) is 72.2 Å². The van der Waals surface area contributed by atoms with E-state index in [0.29, 0.717) is 41.0 Å². The van der Waals surface area contributed by atoms with Crippen LogP contribution in [0.15, 0.2) is 42.5 Å². The zero-order valence-corrected chi connectivity index (χ0v) is 16.8. The maximum absolute atomic E-state index is 12.7. The van der Waals surface area contributed by atoms with Gasteiger partial charge in [-0.1, -0.05) is 11.6 Å². The normalized spacial score (nSPS) is 16.2. The Balaban J connectivity index is 1.33. The molecule has 1 aromatic heterocycles. The molecule has 5 rings (SSSR count). The zero-order valence-electron chi connectivity index (χ0n) is 16.1. The van der Waals surface area contributed by atoms with Crippen LogP contribution in [0, 0.1) is 0 Å². The third-order valence-corrected chi connectivity index (χ3v) is 5.68. The van der Waals surface area contributed by atoms with Crippen molar-refractivity contribution in [1.82, 2.24) is 20.2 Å². The molecule has 1 saturated heterocycles. The minimum absolute atomic E-state index is 0.0265. The van der Waals surface area contributed by atoms with E-state index >= 15 is 0 Å². The number of carbonyl (C=O) groups excluding carboxylic acids is 2. The fraction of sp³-hybridized carbons (Fsp3) is 0.286. The van der Waals surface area contributed by atoms with Crippen molar-refractivity contribution in [2.24, 2.45) is 0 Å². The molecular weight excluding hydrogens is 404 g/mol. The number of anilines is 2. The first-order chi connectivity index (χ1) is 14.6. The molecule has 152 valence electrons. The number of aromatic nitrogens is 4. The van der Waals surface area contributed by atoms with Crippen molar-refractivity contribution in [3.63, 3.8) is 0 Å². The van der Waals surface area contributed by atoms with Gasteiger partial charge in [0.05, 0.1) is 16.8 Å². The van der Waals surface area contributed by atoms with Crippen molar-refractivity contribution in [2.45, 2.75) is 31.7 Å². The van der Waals surface area contributed by atoms with E-state index in [2.05, 4.69) is 20.8 Å². The van der Waals surface area contributed by atoms with Crippen LogP contribution < -0.4 is 10.2 Å². The van der Waals surface area contributed by atoms with Crippen LogP contribution >= 0.6 is 11.6 Å². The second-order valence-corrected chi connectivity index (χ2v) is 7.93. The summed E-state index contributed by atoms with van der Waals surface area (Å²) in [5.41, 5.74) is 2.57. The molecule has 2 aromatic carbocycles. The summed E-state index contributed by atoms with van der Waals surface area (Å²) in [5.74, 6) is 0.488. The minimum Gasteiger partial charge on any atom is -0.322 e. The Kier molecular flexibility index (Phi) is 4.71. The predicted molar refractivity (Wildman–Crippen MR) is 113 cm³/mol. The number of hydrogen-bond acceptors (Lipinski definition) is 5. The van der Waals surface area contributed by atoms with Crippen molar-refractivity contribution in [3.05, 3.63) is 53.1 Å². The quantitative estimate of drug-likeness (QED) is 0.676. The molecule has 0 radical (unpaired) electrons. The molecule has 1 aliphatic carbocycles. The Labute approximate surface area is 177 Å². The lowest BCUT2D eigenvalue weighted by Gasteiger charge is -2.18. The zero-order chi connectivity index (χ0) is 20.7. The maximum Gasteiger partial charge on any atom is 0.255 e. The van der Waals surface area contributed by atoms with Crippen LogP contribution in [0.1, 0.15) is 42.1 Å². The van der Waals surface area contributed by atoms with E-state index in [-0.39, 0.29) is 11.8 Å². The number of tetrazole rings is 1. The van der Waals surface area contributed by atoms with Crippen molar-refractivity contribution >= 4 is 34.8 Å². The molecule has 1 N–H and O–H groups in total. The van der Waals surface area contributed by atoms with E-state index in [1.165, 1.54) is 0 Å². The van der Waals surface area contributed by atoms with E-state index in [1.54, 1.807) is 23.1 Å². The van der Waals surface area contributed by atoms with E-state index in [4.69, 9.17) is 11.6 Å². The Morgan fingerprint density at radius 3 is 2.63 bits per heavy atom. The van der Waals surface area contributed by atoms with Crippen molar-refractivity contribution in [3.8, 4) is 11.4 Å². The van der Waals surface area contributed by atoms with Gasteiger partial charge in [0, 0.05) is 29.8 Å². The third kappa shape index (κ3) is 3.54. The molecule has 1 aliphatic heterocycles. The highest BCUT2D eigenvalue weighted by atomic mass is 35.5. The first-order valence-electron chi connectivity index (χ1n) is 9.90. The molecule has 0 atom stereocenters. The van der Waals surface area contributed by atoms with E-state index in [9.17, 15) is 9.59 Å². The molecule has 30 heavy (non-hydrogen) atoms. The van der Waals surface area contributed by atoms with Crippen LogP contribution in [0.5, 0.6) is 0 Å². The van der Waals surface area contributed by atoms with E-state index in [0.717, 1.165) is 30.7 Å². The number of nitrogens with zero attached hydrogens (tertiary/aromatic N) is 5. The lowest BCUT2D eigenvalue weighted by atomic mass is 10.1. The van der Waals surface area contributed by atoms with Gasteiger partial charge in [0.25, 0.3) is 5.91 Å². The number of nitrogens with one attached hydrogen (secondary N) is 1. The summed E-state index contributed by atoms with van der Waals surface area (Å²) in [6, 6.07) is 12.8. The van der Waals surface area contributed by atoms with Crippen LogP contribution in [0.2, 0.25) is 5.02 Å². The highest BCUT2D eigenvalue weighted by Gasteiger charge is 2.28. The molecule has 8 nitrogen and oxygen atoms in total. The van der Waals surface area contributed by atoms with Gasteiger partial charge in [-0.15, -0.1) is 5.10 Å². The standard InChI is InChI=1S/C21H19ClN6O2/c22-17-10-5-14(12-18(17)27-11-1-2-19(27)29)21(30)23-15-6-3-13(4-7-15)20-24-25-26-28(20)16-8-9-16/h3-7,10,12,16H,1-2,8-9,11H2,(H,23,30). The Morgan fingerprint density at radius 1 is 1.13 bits per heavy atom. The topological polar surface area (TPSA) is 93.0 Å². The van der Waals surface area contributed by atoms with Crippen LogP contribution in [-0.2, 0) is 4.79 Å². The van der Waals surface area contributed by atoms with Crippen molar-refractivity contribution in [2.75, 3.05) is 16.8 Å². The Morgan fingerprint density at radius 2 is 1.93 bits per heavy atom. The second kappa shape index (κ2) is 7.53. The summed E-state index contributed by atoms with van der Waals surface area (Å²) in [5, 5.41) is 15.3. The molecule has 3 aromatic rings. The number of carbonyl (C=O) groups is 2. The fourth-order valence-electron chi connectivity index (χ4n) is 3.62. The van der Waals surface area contributed by atoms with Gasteiger partial charge >= 0.3 is 0 Å². The number of amides is 2. The van der Waals surface area contributed by atoms with Gasteiger partial charge < -0.3 is 10.2 Å². The smallest absolute Gasteiger partial charge is 0.255 e. The SMILES string of the molecule is O=C(Nc1ccc(-c2nnnn2C2CC2)cc1)c1ccc(Cl)c(N2CCCC2=O)c1. The van der Waals surface area contributed by atoms with Crippen LogP contribution in [0.4, 0.5) is 11.4 Å². The molecule has 0 spiro atoms. The maximum atomic E-state index is 12.7. The summed E-state index contributed by atoms with van der Waals surface area (Å²) in [4.78, 5) is 26.4. The van der Waals surface area contributed by atoms with Crippen LogP contribution in [0.3, 0.4) is 0 Å². The molecule has 2 heterocycles. The summed E-state index contributed by atoms with van der Waals surface area (Å²) in [7, 11) is 0. The average Bonchev–Trinajstić information content (AvgIpc) is 3.32. The van der Waals surface area contributed by atoms with Gasteiger partial charge in [-0.3, -0.25) is 9.59 Å². The molecule has 1 saturated carbocycles. The summed E-state index contributed by atoms with van der Waals surface area (Å²) in [6.07, 6.45) is 3.49. The van der Waals surface area contributed by atoms with Gasteiger partial charge in [0.2, 0.25) is 5.91 Å². The van der Waals surface area contributed by atoms with Gasteiger partial charge in [0.15, 0.2) is 5.82 Å². The molecule has 2 aliphatic rings. The summed E-state index contributed by atoms with van der Waals surface area (Å²) >= 11 is 6.27. The number of rotatable bonds is 5. The van der Waals surface area contributed by atoms with Crippen molar-refractivity contribution in [1.29, 1.82) is 0 Å². The summed E-state index contributed by atoms with van der Waals surface area (Å²) in [6.45, 7) is 0.616. The van der Waals surface area contributed by atoms with Crippen LogP contribution in [-0.4, -0.2) is 38.6 Å². The first kappa shape index (κ1) is 18.7. The average molecular weight is 423 g/mol. The molecule has 0 unspecified atom stereocenters. The number of halogens is 1. The van der Waals surface area contributed by atoms with E-state index in [1.807, 2.05) is 28.9 Å². The Bertz CT molecular complexity index is 1120. The highest BCUT2D eigenvalue weighted by molar-refractivity contribution is 6.34. The Hall–Kier alpha value is -3.26. The van der Waals surface area contributed by atoms with Gasteiger partial charge in [-0.25, -0.2) is 4.68 Å². The lowest BCUT2D eigenvalue weighted by molar-refractivity contribution is -0.117. The molecular formula is C21H19ClN6O2. The summed E-state index contributed by atoms with van der Waals surface area (Å²) < 4.78 is 1.85. The van der Waals surface area contributed by atoms with E-state index < -0.39 is 0 Å².